The van der Waals surface area contributed by atoms with Gasteiger partial charge in [0.1, 0.15) is 16.5 Å². The largest absolute Gasteiger partial charge is 0.467 e. The number of hydrogen-bond acceptors (Lipinski definition) is 4. The number of halogens is 1. The van der Waals surface area contributed by atoms with Crippen LogP contribution in [0.3, 0.4) is 0 Å². The standard InChI is InChI=1S/C21H19FN2O4S/c1-2-12-23-29(26,27)20-14-16(10-11-19(20)22)21(25)24(15-18-9-6-13-28-18)17-7-4-3-5-8-17/h2-11,13-14,23H,1,12,15H2. The number of carbonyl (C=O) groups is 1. The maximum Gasteiger partial charge on any atom is 0.258 e. The van der Waals surface area contributed by atoms with Gasteiger partial charge >= 0.3 is 0 Å². The van der Waals surface area contributed by atoms with Crippen LogP contribution in [0.25, 0.3) is 0 Å². The summed E-state index contributed by atoms with van der Waals surface area (Å²) in [6.45, 7) is 3.50. The number of hydrogen-bond donors (Lipinski definition) is 1. The molecule has 0 aliphatic carbocycles. The Balaban J connectivity index is 2.00. The summed E-state index contributed by atoms with van der Waals surface area (Å²) in [4.78, 5) is 14.0. The number of benzene rings is 2. The van der Waals surface area contributed by atoms with Crippen molar-refractivity contribution in [1.82, 2.24) is 4.72 Å². The van der Waals surface area contributed by atoms with E-state index in [2.05, 4.69) is 11.3 Å². The van der Waals surface area contributed by atoms with E-state index in [9.17, 15) is 17.6 Å². The number of rotatable bonds is 8. The molecule has 0 aliphatic rings. The van der Waals surface area contributed by atoms with E-state index in [0.29, 0.717) is 11.4 Å². The van der Waals surface area contributed by atoms with E-state index in [-0.39, 0.29) is 18.7 Å². The maximum atomic E-state index is 14.2. The van der Waals surface area contributed by atoms with Gasteiger partial charge in [-0.25, -0.2) is 17.5 Å². The van der Waals surface area contributed by atoms with Crippen LogP contribution in [0.4, 0.5) is 10.1 Å². The summed E-state index contributed by atoms with van der Waals surface area (Å²) in [6, 6.07) is 15.5. The molecule has 2 aromatic carbocycles. The minimum atomic E-state index is -4.13. The second kappa shape index (κ2) is 8.85. The van der Waals surface area contributed by atoms with Crippen LogP contribution in [0.15, 0.2) is 88.9 Å². The highest BCUT2D eigenvalue weighted by atomic mass is 32.2. The fourth-order valence-electron chi connectivity index (χ4n) is 2.69. The van der Waals surface area contributed by atoms with Crippen molar-refractivity contribution in [3.8, 4) is 0 Å². The number of nitrogens with zero attached hydrogens (tertiary/aromatic N) is 1. The van der Waals surface area contributed by atoms with Crippen molar-refractivity contribution in [3.63, 3.8) is 0 Å². The molecule has 150 valence electrons. The number of anilines is 1. The lowest BCUT2D eigenvalue weighted by Crippen LogP contribution is -2.31. The molecule has 0 atom stereocenters. The fraction of sp³-hybridized carbons (Fsp3) is 0.0952. The first-order valence-electron chi connectivity index (χ1n) is 8.72. The molecule has 0 aliphatic heterocycles. The Bertz CT molecular complexity index is 1100. The highest BCUT2D eigenvalue weighted by Gasteiger charge is 2.24. The van der Waals surface area contributed by atoms with Crippen molar-refractivity contribution in [2.45, 2.75) is 11.4 Å². The molecule has 0 bridgehead atoms. The minimum absolute atomic E-state index is 0.0285. The SMILES string of the molecule is C=CCNS(=O)(=O)c1cc(C(=O)N(Cc2ccco2)c2ccccc2)ccc1F. The lowest BCUT2D eigenvalue weighted by atomic mass is 10.1. The third kappa shape index (κ3) is 4.79. The Morgan fingerprint density at radius 2 is 1.90 bits per heavy atom. The first kappa shape index (κ1) is 20.5. The number of para-hydroxylation sites is 1. The number of sulfonamides is 1. The zero-order valence-corrected chi connectivity index (χ0v) is 16.2. The molecule has 0 fully saturated rings. The van der Waals surface area contributed by atoms with Crippen LogP contribution in [0.2, 0.25) is 0 Å². The van der Waals surface area contributed by atoms with Gasteiger partial charge in [-0.1, -0.05) is 24.3 Å². The highest BCUT2D eigenvalue weighted by Crippen LogP contribution is 2.23. The van der Waals surface area contributed by atoms with Crippen molar-refractivity contribution in [2.24, 2.45) is 0 Å². The second-order valence-electron chi connectivity index (χ2n) is 6.09. The van der Waals surface area contributed by atoms with Crippen LogP contribution in [0, 0.1) is 5.82 Å². The smallest absolute Gasteiger partial charge is 0.258 e. The Hall–Kier alpha value is -3.23. The Morgan fingerprint density at radius 3 is 2.55 bits per heavy atom. The molecule has 1 N–H and O–H groups in total. The van der Waals surface area contributed by atoms with Gasteiger partial charge in [-0.3, -0.25) is 4.79 Å². The van der Waals surface area contributed by atoms with E-state index in [4.69, 9.17) is 4.42 Å². The van der Waals surface area contributed by atoms with Crippen LogP contribution < -0.4 is 9.62 Å². The third-order valence-electron chi connectivity index (χ3n) is 4.09. The van der Waals surface area contributed by atoms with E-state index < -0.39 is 26.6 Å². The van der Waals surface area contributed by atoms with E-state index >= 15 is 0 Å². The van der Waals surface area contributed by atoms with Crippen LogP contribution >= 0.6 is 0 Å². The van der Waals surface area contributed by atoms with Crippen molar-refractivity contribution in [3.05, 3.63) is 96.7 Å². The lowest BCUT2D eigenvalue weighted by molar-refractivity contribution is 0.0983. The quantitative estimate of drug-likeness (QED) is 0.570. The Kier molecular flexibility index (Phi) is 6.26. The number of carbonyl (C=O) groups excluding carboxylic acids is 1. The van der Waals surface area contributed by atoms with Gasteiger partial charge in [0.2, 0.25) is 10.0 Å². The van der Waals surface area contributed by atoms with Gasteiger partial charge in [-0.15, -0.1) is 6.58 Å². The predicted molar refractivity (Wildman–Crippen MR) is 107 cm³/mol. The lowest BCUT2D eigenvalue weighted by Gasteiger charge is -2.22. The molecule has 1 amide bonds. The molecule has 0 saturated carbocycles. The third-order valence-corrected chi connectivity index (χ3v) is 5.53. The molecular formula is C21H19FN2O4S. The van der Waals surface area contributed by atoms with Gasteiger partial charge in [-0.05, 0) is 42.5 Å². The number of amides is 1. The van der Waals surface area contributed by atoms with E-state index in [1.807, 2.05) is 6.07 Å². The van der Waals surface area contributed by atoms with Crippen molar-refractivity contribution >= 4 is 21.6 Å². The first-order chi connectivity index (χ1) is 13.9. The molecule has 29 heavy (non-hydrogen) atoms. The average molecular weight is 414 g/mol. The summed E-state index contributed by atoms with van der Waals surface area (Å²) in [5, 5.41) is 0. The molecular weight excluding hydrogens is 395 g/mol. The van der Waals surface area contributed by atoms with Crippen molar-refractivity contribution < 1.29 is 22.0 Å². The van der Waals surface area contributed by atoms with Crippen LogP contribution in [0.5, 0.6) is 0 Å². The van der Waals surface area contributed by atoms with Crippen LogP contribution in [-0.2, 0) is 16.6 Å². The molecule has 3 rings (SSSR count). The molecule has 0 unspecified atom stereocenters. The molecule has 6 nitrogen and oxygen atoms in total. The second-order valence-corrected chi connectivity index (χ2v) is 7.83. The fourth-order valence-corrected chi connectivity index (χ4v) is 3.79. The van der Waals surface area contributed by atoms with Gasteiger partial charge in [0.25, 0.3) is 5.91 Å². The van der Waals surface area contributed by atoms with E-state index in [0.717, 1.165) is 12.1 Å². The Labute approximate surface area is 168 Å². The first-order valence-corrected chi connectivity index (χ1v) is 10.2. The number of nitrogens with one attached hydrogen (secondary N) is 1. The van der Waals surface area contributed by atoms with E-state index in [1.165, 1.54) is 23.3 Å². The predicted octanol–water partition coefficient (Wildman–Crippen LogP) is 3.73. The Morgan fingerprint density at radius 1 is 1.14 bits per heavy atom. The zero-order valence-electron chi connectivity index (χ0n) is 15.4. The van der Waals surface area contributed by atoms with Gasteiger partial charge in [0.15, 0.2) is 0 Å². The van der Waals surface area contributed by atoms with Gasteiger partial charge < -0.3 is 9.32 Å². The highest BCUT2D eigenvalue weighted by molar-refractivity contribution is 7.89. The zero-order chi connectivity index (χ0) is 20.9. The summed E-state index contributed by atoms with van der Waals surface area (Å²) in [6.07, 6.45) is 2.84. The van der Waals surface area contributed by atoms with Gasteiger partial charge in [-0.2, -0.15) is 0 Å². The monoisotopic (exact) mass is 414 g/mol. The molecule has 0 saturated heterocycles. The summed E-state index contributed by atoms with van der Waals surface area (Å²) in [5.41, 5.74) is 0.619. The summed E-state index contributed by atoms with van der Waals surface area (Å²) in [5.74, 6) is -0.895. The molecule has 0 radical (unpaired) electrons. The molecule has 8 heteroatoms. The van der Waals surface area contributed by atoms with Crippen molar-refractivity contribution in [1.29, 1.82) is 0 Å². The maximum absolute atomic E-state index is 14.2. The number of furan rings is 1. The van der Waals surface area contributed by atoms with E-state index in [1.54, 1.807) is 36.4 Å². The topological polar surface area (TPSA) is 79.6 Å². The van der Waals surface area contributed by atoms with Crippen LogP contribution in [0.1, 0.15) is 16.1 Å². The summed E-state index contributed by atoms with van der Waals surface area (Å²) < 4.78 is 46.4. The normalized spacial score (nSPS) is 11.2. The van der Waals surface area contributed by atoms with Gasteiger partial charge in [0.05, 0.1) is 12.8 Å². The molecule has 0 spiro atoms. The summed E-state index contributed by atoms with van der Waals surface area (Å²) in [7, 11) is -4.13. The average Bonchev–Trinajstić information content (AvgIpc) is 3.24. The van der Waals surface area contributed by atoms with Crippen LogP contribution in [-0.4, -0.2) is 20.9 Å². The molecule has 1 aromatic heterocycles. The minimum Gasteiger partial charge on any atom is -0.467 e. The van der Waals surface area contributed by atoms with Gasteiger partial charge in [0, 0.05) is 17.8 Å². The summed E-state index contributed by atoms with van der Waals surface area (Å²) >= 11 is 0. The molecule has 1 heterocycles. The molecule has 3 aromatic rings. The van der Waals surface area contributed by atoms with Crippen molar-refractivity contribution in [2.75, 3.05) is 11.4 Å².